The second-order valence-electron chi connectivity index (χ2n) is 5.61. The van der Waals surface area contributed by atoms with E-state index < -0.39 is 0 Å². The molecule has 1 unspecified atom stereocenters. The Hall–Kier alpha value is 0. The molecule has 0 rings (SSSR count). The van der Waals surface area contributed by atoms with Gasteiger partial charge >= 0.3 is 0 Å². The lowest BCUT2D eigenvalue weighted by molar-refractivity contribution is 0.331. The van der Waals surface area contributed by atoms with Crippen LogP contribution in [-0.4, -0.2) is 0 Å². The quantitative estimate of drug-likeness (QED) is 0.498. The van der Waals surface area contributed by atoms with Crippen LogP contribution in [0, 0.1) is 17.8 Å². The lowest BCUT2D eigenvalue weighted by atomic mass is 9.87. The van der Waals surface area contributed by atoms with Crippen molar-refractivity contribution in [1.29, 1.82) is 0 Å². The molecule has 0 aromatic rings. The van der Waals surface area contributed by atoms with E-state index >= 15 is 0 Å². The predicted molar refractivity (Wildman–Crippen MR) is 66.5 cm³/mol. The summed E-state index contributed by atoms with van der Waals surface area (Å²) < 4.78 is 0. The second-order valence-corrected chi connectivity index (χ2v) is 5.61. The minimum absolute atomic E-state index is 0.879. The smallest absolute Gasteiger partial charge is 0.0412 e. The fourth-order valence-corrected chi connectivity index (χ4v) is 2.11. The van der Waals surface area contributed by atoms with Gasteiger partial charge in [0.15, 0.2) is 0 Å². The maximum absolute atomic E-state index is 2.36. The Morgan fingerprint density at radius 1 is 0.786 bits per heavy atom. The minimum Gasteiger partial charge on any atom is -0.0654 e. The zero-order valence-electron chi connectivity index (χ0n) is 11.0. The van der Waals surface area contributed by atoms with Crippen LogP contribution in [0.3, 0.4) is 0 Å². The van der Waals surface area contributed by atoms with E-state index in [9.17, 15) is 0 Å². The van der Waals surface area contributed by atoms with Crippen molar-refractivity contribution in [2.24, 2.45) is 17.8 Å². The van der Waals surface area contributed by atoms with Gasteiger partial charge in [-0.3, -0.25) is 0 Å². The van der Waals surface area contributed by atoms with E-state index in [1.54, 1.807) is 0 Å². The molecule has 0 aliphatic rings. The van der Waals surface area contributed by atoms with Crippen molar-refractivity contribution in [2.75, 3.05) is 0 Å². The average Bonchev–Trinajstić information content (AvgIpc) is 2.09. The fourth-order valence-electron chi connectivity index (χ4n) is 2.11. The van der Waals surface area contributed by atoms with Gasteiger partial charge in [-0.2, -0.15) is 0 Å². The molecule has 0 aliphatic heterocycles. The summed E-state index contributed by atoms with van der Waals surface area (Å²) in [4.78, 5) is 0. The summed E-state index contributed by atoms with van der Waals surface area (Å²) in [5.74, 6) is 2.76. The third-order valence-electron chi connectivity index (χ3n) is 2.92. The third-order valence-corrected chi connectivity index (χ3v) is 2.92. The van der Waals surface area contributed by atoms with E-state index in [-0.39, 0.29) is 0 Å². The summed E-state index contributed by atoms with van der Waals surface area (Å²) in [5, 5.41) is 0. The molecule has 0 amide bonds. The first-order valence-electron chi connectivity index (χ1n) is 6.56. The van der Waals surface area contributed by atoms with Crippen LogP contribution in [0.4, 0.5) is 0 Å². The SMILES string of the molecule is CCCCC(CCC(C)C)CC(C)C. The molecule has 0 nitrogen and oxygen atoms in total. The van der Waals surface area contributed by atoms with Crippen LogP contribution < -0.4 is 0 Å². The molecule has 14 heavy (non-hydrogen) atoms. The molecular weight excluding hydrogens is 168 g/mol. The monoisotopic (exact) mass is 198 g/mol. The van der Waals surface area contributed by atoms with E-state index in [2.05, 4.69) is 34.6 Å². The van der Waals surface area contributed by atoms with Gasteiger partial charge in [0.2, 0.25) is 0 Å². The highest BCUT2D eigenvalue weighted by atomic mass is 14.2. The molecule has 1 atom stereocenters. The molecule has 0 aromatic carbocycles. The molecule has 0 N–H and O–H groups in total. The van der Waals surface area contributed by atoms with Gasteiger partial charge in [0, 0.05) is 0 Å². The molecule has 0 fully saturated rings. The van der Waals surface area contributed by atoms with Crippen LogP contribution in [0.25, 0.3) is 0 Å². The van der Waals surface area contributed by atoms with Crippen molar-refractivity contribution >= 4 is 0 Å². The first kappa shape index (κ1) is 14.0. The van der Waals surface area contributed by atoms with Crippen molar-refractivity contribution in [3.05, 3.63) is 0 Å². The number of hydrogen-bond acceptors (Lipinski definition) is 0. The summed E-state index contributed by atoms with van der Waals surface area (Å²) in [6.07, 6.45) is 8.55. The summed E-state index contributed by atoms with van der Waals surface area (Å²) in [7, 11) is 0. The zero-order valence-corrected chi connectivity index (χ0v) is 11.0. The van der Waals surface area contributed by atoms with Gasteiger partial charge in [0.05, 0.1) is 0 Å². The van der Waals surface area contributed by atoms with E-state index in [0.29, 0.717) is 0 Å². The average molecular weight is 198 g/mol. The molecule has 0 spiro atoms. The van der Waals surface area contributed by atoms with Crippen LogP contribution in [0.1, 0.15) is 73.1 Å². The van der Waals surface area contributed by atoms with Gasteiger partial charge < -0.3 is 0 Å². The highest BCUT2D eigenvalue weighted by molar-refractivity contribution is 4.63. The summed E-state index contributed by atoms with van der Waals surface area (Å²) in [6, 6.07) is 0. The van der Waals surface area contributed by atoms with Gasteiger partial charge in [0.25, 0.3) is 0 Å². The molecule has 0 heteroatoms. The van der Waals surface area contributed by atoms with E-state index in [4.69, 9.17) is 0 Å². The fraction of sp³-hybridized carbons (Fsp3) is 1.00. The van der Waals surface area contributed by atoms with Gasteiger partial charge in [-0.25, -0.2) is 0 Å². The van der Waals surface area contributed by atoms with Gasteiger partial charge in [-0.15, -0.1) is 0 Å². The van der Waals surface area contributed by atoms with E-state index in [0.717, 1.165) is 17.8 Å². The molecule has 0 radical (unpaired) electrons. The third kappa shape index (κ3) is 8.59. The molecular formula is C14H30. The first-order valence-corrected chi connectivity index (χ1v) is 6.56. The predicted octanol–water partition coefficient (Wildman–Crippen LogP) is 5.28. The number of hydrogen-bond donors (Lipinski definition) is 0. The lowest BCUT2D eigenvalue weighted by Gasteiger charge is -2.19. The maximum atomic E-state index is 2.36. The molecule has 86 valence electrons. The van der Waals surface area contributed by atoms with Crippen molar-refractivity contribution in [3.8, 4) is 0 Å². The Labute approximate surface area is 91.5 Å². The topological polar surface area (TPSA) is 0 Å². The van der Waals surface area contributed by atoms with Gasteiger partial charge in [-0.1, -0.05) is 66.7 Å². The summed E-state index contributed by atoms with van der Waals surface area (Å²) in [5.41, 5.74) is 0. The van der Waals surface area contributed by atoms with Gasteiger partial charge in [-0.05, 0) is 24.2 Å². The highest BCUT2D eigenvalue weighted by Crippen LogP contribution is 2.24. The zero-order chi connectivity index (χ0) is 11.0. The molecule has 0 bridgehead atoms. The van der Waals surface area contributed by atoms with Crippen molar-refractivity contribution in [3.63, 3.8) is 0 Å². The Balaban J connectivity index is 3.72. The Bertz CT molecular complexity index is 113. The van der Waals surface area contributed by atoms with Crippen molar-refractivity contribution in [2.45, 2.75) is 73.1 Å². The normalized spacial score (nSPS) is 13.9. The van der Waals surface area contributed by atoms with Crippen LogP contribution in [0.2, 0.25) is 0 Å². The Morgan fingerprint density at radius 2 is 1.43 bits per heavy atom. The van der Waals surface area contributed by atoms with E-state index in [1.165, 1.54) is 38.5 Å². The largest absolute Gasteiger partial charge is 0.0654 e. The van der Waals surface area contributed by atoms with Crippen LogP contribution >= 0.6 is 0 Å². The summed E-state index contributed by atoms with van der Waals surface area (Å²) >= 11 is 0. The summed E-state index contributed by atoms with van der Waals surface area (Å²) in [6.45, 7) is 11.7. The van der Waals surface area contributed by atoms with Crippen molar-refractivity contribution in [1.82, 2.24) is 0 Å². The maximum Gasteiger partial charge on any atom is -0.0412 e. The molecule has 0 saturated carbocycles. The standard InChI is InChI=1S/C14H30/c1-6-7-8-14(11-13(4)5)10-9-12(2)3/h12-14H,6-11H2,1-5H3. The molecule has 0 aliphatic carbocycles. The van der Waals surface area contributed by atoms with Crippen LogP contribution in [0.5, 0.6) is 0 Å². The highest BCUT2D eigenvalue weighted by Gasteiger charge is 2.10. The van der Waals surface area contributed by atoms with Gasteiger partial charge in [0.1, 0.15) is 0 Å². The molecule has 0 saturated heterocycles. The van der Waals surface area contributed by atoms with Crippen LogP contribution in [0.15, 0.2) is 0 Å². The number of rotatable bonds is 8. The molecule has 0 aromatic heterocycles. The Kier molecular flexibility index (Phi) is 8.32. The van der Waals surface area contributed by atoms with E-state index in [1.807, 2.05) is 0 Å². The van der Waals surface area contributed by atoms with Crippen molar-refractivity contribution < 1.29 is 0 Å². The Morgan fingerprint density at radius 3 is 1.86 bits per heavy atom. The van der Waals surface area contributed by atoms with Crippen LogP contribution in [-0.2, 0) is 0 Å². The minimum atomic E-state index is 0.879. The molecule has 0 heterocycles. The first-order chi connectivity index (χ1) is 6.56. The number of unbranched alkanes of at least 4 members (excludes halogenated alkanes) is 1. The second kappa shape index (κ2) is 8.32. The lowest BCUT2D eigenvalue weighted by Crippen LogP contribution is -2.06.